The van der Waals surface area contributed by atoms with Crippen molar-refractivity contribution in [2.75, 3.05) is 5.32 Å². The molecule has 19 heavy (non-hydrogen) atoms. The summed E-state index contributed by atoms with van der Waals surface area (Å²) >= 11 is 1.28. The summed E-state index contributed by atoms with van der Waals surface area (Å²) in [7, 11) is 0. The maximum absolute atomic E-state index is 13.5. The fourth-order valence-corrected chi connectivity index (χ4v) is 1.97. The number of aryl methyl sites for hydroxylation is 1. The first-order valence-electron chi connectivity index (χ1n) is 5.15. The molecule has 0 atom stereocenters. The van der Waals surface area contributed by atoms with Gasteiger partial charge in [-0.1, -0.05) is 0 Å². The molecule has 8 heteroatoms. The molecule has 0 aliphatic rings. The predicted molar refractivity (Wildman–Crippen MR) is 67.9 cm³/mol. The van der Waals surface area contributed by atoms with E-state index in [1.807, 2.05) is 0 Å². The third kappa shape index (κ3) is 2.91. The highest BCUT2D eigenvalue weighted by Gasteiger charge is 2.15. The average molecular weight is 281 g/mol. The molecule has 6 nitrogen and oxygen atoms in total. The van der Waals surface area contributed by atoms with Crippen LogP contribution >= 0.6 is 11.3 Å². The van der Waals surface area contributed by atoms with Crippen molar-refractivity contribution >= 4 is 28.6 Å². The maximum atomic E-state index is 13.5. The van der Waals surface area contributed by atoms with Crippen LogP contribution in [0.15, 0.2) is 23.6 Å². The number of amides is 1. The first-order chi connectivity index (χ1) is 8.97. The third-order valence-electron chi connectivity index (χ3n) is 2.26. The van der Waals surface area contributed by atoms with Gasteiger partial charge in [-0.2, -0.15) is 0 Å². The first-order valence-corrected chi connectivity index (χ1v) is 6.03. The number of nitrogens with zero attached hydrogens (tertiary/aromatic N) is 2. The van der Waals surface area contributed by atoms with Crippen LogP contribution < -0.4 is 5.32 Å². The van der Waals surface area contributed by atoms with E-state index in [1.54, 1.807) is 6.92 Å². The third-order valence-corrected chi connectivity index (χ3v) is 3.03. The Hall–Kier alpha value is -2.35. The standard InChI is InChI=1S/C11H8FN3O3S/c1-6-13-10(5-19-6)11(16)14-9-4-7(15(17)18)2-3-8(9)12/h2-5H,1H3,(H,14,16). The maximum Gasteiger partial charge on any atom is 0.275 e. The van der Waals surface area contributed by atoms with Crippen LogP contribution in [0.5, 0.6) is 0 Å². The van der Waals surface area contributed by atoms with Gasteiger partial charge >= 0.3 is 0 Å². The van der Waals surface area contributed by atoms with Gasteiger partial charge in [0, 0.05) is 17.5 Å². The van der Waals surface area contributed by atoms with Crippen LogP contribution in [0, 0.1) is 22.9 Å². The zero-order valence-electron chi connectivity index (χ0n) is 9.71. The summed E-state index contributed by atoms with van der Waals surface area (Å²) in [6.07, 6.45) is 0. The van der Waals surface area contributed by atoms with Crippen LogP contribution in [0.1, 0.15) is 15.5 Å². The molecule has 1 N–H and O–H groups in total. The predicted octanol–water partition coefficient (Wildman–Crippen LogP) is 2.75. The summed E-state index contributed by atoms with van der Waals surface area (Å²) in [5.41, 5.74) is -0.399. The van der Waals surface area contributed by atoms with E-state index < -0.39 is 16.6 Å². The number of non-ortho nitro benzene ring substituents is 1. The number of rotatable bonds is 3. The van der Waals surface area contributed by atoms with Crippen molar-refractivity contribution < 1.29 is 14.1 Å². The summed E-state index contributed by atoms with van der Waals surface area (Å²) in [6, 6.07) is 2.92. The van der Waals surface area contributed by atoms with Crippen molar-refractivity contribution in [2.45, 2.75) is 6.92 Å². The molecular formula is C11H8FN3O3S. The number of carbonyl (C=O) groups is 1. The minimum Gasteiger partial charge on any atom is -0.318 e. The van der Waals surface area contributed by atoms with Crippen molar-refractivity contribution in [1.29, 1.82) is 0 Å². The molecule has 0 radical (unpaired) electrons. The van der Waals surface area contributed by atoms with Gasteiger partial charge in [-0.05, 0) is 13.0 Å². The van der Waals surface area contributed by atoms with E-state index >= 15 is 0 Å². The number of thiazole rings is 1. The summed E-state index contributed by atoms with van der Waals surface area (Å²) in [6.45, 7) is 1.73. The van der Waals surface area contributed by atoms with Crippen molar-refractivity contribution in [1.82, 2.24) is 4.98 Å². The Bertz CT molecular complexity index is 656. The van der Waals surface area contributed by atoms with Gasteiger partial charge in [0.2, 0.25) is 0 Å². The zero-order chi connectivity index (χ0) is 14.0. The van der Waals surface area contributed by atoms with Gasteiger partial charge in [-0.3, -0.25) is 14.9 Å². The van der Waals surface area contributed by atoms with Crippen LogP contribution in [0.4, 0.5) is 15.8 Å². The number of anilines is 1. The molecule has 0 spiro atoms. The fourth-order valence-electron chi connectivity index (χ4n) is 1.38. The summed E-state index contributed by atoms with van der Waals surface area (Å²) in [5, 5.41) is 15.1. The van der Waals surface area contributed by atoms with Crippen molar-refractivity contribution in [3.05, 3.63) is 50.2 Å². The Morgan fingerprint density at radius 3 is 2.84 bits per heavy atom. The number of benzene rings is 1. The molecule has 2 rings (SSSR count). The Morgan fingerprint density at radius 2 is 2.26 bits per heavy atom. The number of hydrogen-bond acceptors (Lipinski definition) is 5. The molecule has 1 heterocycles. The number of nitrogens with one attached hydrogen (secondary N) is 1. The molecule has 0 unspecified atom stereocenters. The summed E-state index contributed by atoms with van der Waals surface area (Å²) < 4.78 is 13.5. The Labute approximate surface area is 111 Å². The number of nitro benzene ring substituents is 1. The molecule has 98 valence electrons. The molecule has 0 aliphatic heterocycles. The lowest BCUT2D eigenvalue weighted by molar-refractivity contribution is -0.384. The van der Waals surface area contributed by atoms with Crippen LogP contribution in [0.25, 0.3) is 0 Å². The van der Waals surface area contributed by atoms with Gasteiger partial charge in [-0.15, -0.1) is 11.3 Å². The van der Waals surface area contributed by atoms with Gasteiger partial charge in [-0.25, -0.2) is 9.37 Å². The lowest BCUT2D eigenvalue weighted by Gasteiger charge is -2.04. The lowest BCUT2D eigenvalue weighted by Crippen LogP contribution is -2.13. The first kappa shape index (κ1) is 13.1. The van der Waals surface area contributed by atoms with Crippen LogP contribution in [-0.2, 0) is 0 Å². The van der Waals surface area contributed by atoms with Crippen molar-refractivity contribution in [2.24, 2.45) is 0 Å². The van der Waals surface area contributed by atoms with E-state index in [2.05, 4.69) is 10.3 Å². The zero-order valence-corrected chi connectivity index (χ0v) is 10.5. The SMILES string of the molecule is Cc1nc(C(=O)Nc2cc([N+](=O)[O-])ccc2F)cs1. The van der Waals surface area contributed by atoms with Crippen LogP contribution in [0.2, 0.25) is 0 Å². The monoisotopic (exact) mass is 281 g/mol. The molecule has 0 saturated carbocycles. The second kappa shape index (κ2) is 5.11. The fraction of sp³-hybridized carbons (Fsp3) is 0.0909. The minimum atomic E-state index is -0.745. The molecule has 1 aromatic carbocycles. The number of nitro groups is 1. The van der Waals surface area contributed by atoms with Crippen LogP contribution in [0.3, 0.4) is 0 Å². The lowest BCUT2D eigenvalue weighted by atomic mass is 10.2. The molecule has 0 bridgehead atoms. The van der Waals surface area contributed by atoms with Gasteiger partial charge in [0.1, 0.15) is 11.5 Å². The van der Waals surface area contributed by atoms with E-state index in [1.165, 1.54) is 16.7 Å². The highest BCUT2D eigenvalue weighted by Crippen LogP contribution is 2.22. The molecular weight excluding hydrogens is 273 g/mol. The van der Waals surface area contributed by atoms with Gasteiger partial charge < -0.3 is 5.32 Å². The quantitative estimate of drug-likeness (QED) is 0.692. The summed E-state index contributed by atoms with van der Waals surface area (Å²) in [4.78, 5) is 25.6. The van der Waals surface area contributed by atoms with Crippen molar-refractivity contribution in [3.8, 4) is 0 Å². The van der Waals surface area contributed by atoms with Gasteiger partial charge in [0.05, 0.1) is 15.6 Å². The largest absolute Gasteiger partial charge is 0.318 e. The number of hydrogen-bond donors (Lipinski definition) is 1. The van der Waals surface area contributed by atoms with Crippen molar-refractivity contribution in [3.63, 3.8) is 0 Å². The van der Waals surface area contributed by atoms with E-state index in [4.69, 9.17) is 0 Å². The van der Waals surface area contributed by atoms with E-state index in [0.29, 0.717) is 5.01 Å². The average Bonchev–Trinajstić information content (AvgIpc) is 2.78. The van der Waals surface area contributed by atoms with Gasteiger partial charge in [0.25, 0.3) is 11.6 Å². The second-order valence-corrected chi connectivity index (χ2v) is 4.69. The number of halogens is 1. The molecule has 2 aromatic rings. The number of aromatic nitrogens is 1. The topological polar surface area (TPSA) is 85.1 Å². The Kier molecular flexibility index (Phi) is 3.52. The smallest absolute Gasteiger partial charge is 0.275 e. The van der Waals surface area contributed by atoms with E-state index in [0.717, 1.165) is 18.2 Å². The molecule has 0 saturated heterocycles. The molecule has 0 fully saturated rings. The molecule has 1 aromatic heterocycles. The highest BCUT2D eigenvalue weighted by molar-refractivity contribution is 7.09. The van der Waals surface area contributed by atoms with Gasteiger partial charge in [0.15, 0.2) is 0 Å². The van der Waals surface area contributed by atoms with E-state index in [-0.39, 0.29) is 17.1 Å². The molecule has 1 amide bonds. The highest BCUT2D eigenvalue weighted by atomic mass is 32.1. The minimum absolute atomic E-state index is 0.147. The summed E-state index contributed by atoms with van der Waals surface area (Å²) in [5.74, 6) is -1.35. The normalized spacial score (nSPS) is 10.2. The van der Waals surface area contributed by atoms with E-state index in [9.17, 15) is 19.3 Å². The Balaban J connectivity index is 2.25. The number of carbonyl (C=O) groups excluding carboxylic acids is 1. The Morgan fingerprint density at radius 1 is 1.53 bits per heavy atom. The molecule has 0 aliphatic carbocycles. The van der Waals surface area contributed by atoms with Crippen LogP contribution in [-0.4, -0.2) is 15.8 Å². The second-order valence-electron chi connectivity index (χ2n) is 3.63.